The first-order chi connectivity index (χ1) is 25.7. The van der Waals surface area contributed by atoms with Gasteiger partial charge in [-0.1, -0.05) is 40.0 Å². The highest BCUT2D eigenvalue weighted by molar-refractivity contribution is 5.76. The number of ether oxygens (including phenoxy) is 4. The van der Waals surface area contributed by atoms with Gasteiger partial charge in [-0.2, -0.15) is 70.2 Å². The first-order valence-electron chi connectivity index (χ1n) is 18.0. The molecule has 0 spiro atoms. The molecule has 2 aliphatic heterocycles. The molecule has 6 atom stereocenters. The maximum Gasteiger partial charge on any atom is 0.449 e. The molecule has 0 radical (unpaired) electrons. The third-order valence-corrected chi connectivity index (χ3v) is 11.4. The molecule has 0 aromatic carbocycles. The lowest BCUT2D eigenvalue weighted by Crippen LogP contribution is -2.76. The van der Waals surface area contributed by atoms with Crippen molar-refractivity contribution in [2.45, 2.75) is 184 Å². The van der Waals surface area contributed by atoms with Crippen LogP contribution in [0.15, 0.2) is 0 Å². The van der Waals surface area contributed by atoms with Crippen molar-refractivity contribution in [2.24, 2.45) is 16.7 Å². The SMILES string of the molecule is CCC(C)(C)C(=O)OC1CC(C2CCCCC2)(C(F)(F)F)OC(O)(C(F)(F)F)C1(F)F.CCC(C)(C)C(=O)OC1CC(CC)(C(F)(F)F)OC(O)(C(F)(F)F)C1(F)F. The summed E-state index contributed by atoms with van der Waals surface area (Å²) in [6, 6.07) is 0. The van der Waals surface area contributed by atoms with Gasteiger partial charge in [-0.05, 0) is 65.7 Å². The van der Waals surface area contributed by atoms with Crippen LogP contribution >= 0.6 is 0 Å². The van der Waals surface area contributed by atoms with E-state index in [-0.39, 0.29) is 38.5 Å². The lowest BCUT2D eigenvalue weighted by Gasteiger charge is -2.55. The second-order valence-electron chi connectivity index (χ2n) is 16.0. The molecule has 24 heteroatoms. The highest BCUT2D eigenvalue weighted by Crippen LogP contribution is 2.61. The van der Waals surface area contributed by atoms with Crippen molar-refractivity contribution in [1.29, 1.82) is 0 Å². The Hall–Kier alpha value is -2.34. The number of esters is 2. The van der Waals surface area contributed by atoms with Crippen molar-refractivity contribution in [1.82, 2.24) is 0 Å². The molecule has 3 aliphatic rings. The highest BCUT2D eigenvalue weighted by Gasteiger charge is 2.84. The normalized spacial score (nSPS) is 32.8. The first-order valence-corrected chi connectivity index (χ1v) is 18.0. The fraction of sp³-hybridized carbons (Fsp3) is 0.941. The molecule has 0 bridgehead atoms. The van der Waals surface area contributed by atoms with E-state index in [0.29, 0.717) is 6.42 Å². The van der Waals surface area contributed by atoms with Crippen LogP contribution in [0.2, 0.25) is 0 Å². The predicted molar refractivity (Wildman–Crippen MR) is 166 cm³/mol. The van der Waals surface area contributed by atoms with Crippen LogP contribution in [0, 0.1) is 16.7 Å². The van der Waals surface area contributed by atoms with Gasteiger partial charge in [-0.3, -0.25) is 9.59 Å². The van der Waals surface area contributed by atoms with Crippen LogP contribution in [-0.2, 0) is 28.5 Å². The number of alkyl halides is 16. The Kier molecular flexibility index (Phi) is 14.4. The minimum atomic E-state index is -6.30. The molecule has 2 heterocycles. The largest absolute Gasteiger partial charge is 0.455 e. The van der Waals surface area contributed by atoms with Crippen LogP contribution in [0.3, 0.4) is 0 Å². The Bertz CT molecular complexity index is 1450. The van der Waals surface area contributed by atoms with Crippen LogP contribution in [0.5, 0.6) is 0 Å². The number of aliphatic hydroxyl groups is 2. The molecular formula is C34H46F16O8. The van der Waals surface area contributed by atoms with E-state index >= 15 is 0 Å². The summed E-state index contributed by atoms with van der Waals surface area (Å²) in [7, 11) is 0. The van der Waals surface area contributed by atoms with Crippen molar-refractivity contribution in [3.8, 4) is 0 Å². The van der Waals surface area contributed by atoms with Crippen molar-refractivity contribution < 1.29 is 109 Å². The number of carbonyl (C=O) groups excluding carboxylic acids is 2. The Morgan fingerprint density at radius 3 is 1.26 bits per heavy atom. The van der Waals surface area contributed by atoms with Gasteiger partial charge >= 0.3 is 60.1 Å². The third kappa shape index (κ3) is 8.99. The van der Waals surface area contributed by atoms with Crippen LogP contribution in [0.25, 0.3) is 0 Å². The quantitative estimate of drug-likeness (QED) is 0.183. The lowest BCUT2D eigenvalue weighted by molar-refractivity contribution is -0.511. The fourth-order valence-corrected chi connectivity index (χ4v) is 6.44. The average Bonchev–Trinajstić information content (AvgIpc) is 3.07. The van der Waals surface area contributed by atoms with Crippen LogP contribution in [0.1, 0.15) is 113 Å². The Labute approximate surface area is 322 Å². The van der Waals surface area contributed by atoms with Gasteiger partial charge in [0.25, 0.3) is 0 Å². The monoisotopic (exact) mass is 886 g/mol. The van der Waals surface area contributed by atoms with Crippen molar-refractivity contribution in [3.63, 3.8) is 0 Å². The van der Waals surface area contributed by atoms with Gasteiger partial charge in [0, 0.05) is 12.8 Å². The summed E-state index contributed by atoms with van der Waals surface area (Å²) in [6.45, 7) is 8.61. The summed E-state index contributed by atoms with van der Waals surface area (Å²) in [5, 5.41) is 19.4. The summed E-state index contributed by atoms with van der Waals surface area (Å²) < 4.78 is 238. The highest BCUT2D eigenvalue weighted by atomic mass is 19.4. The molecule has 342 valence electrons. The zero-order chi connectivity index (χ0) is 45.8. The summed E-state index contributed by atoms with van der Waals surface area (Å²) in [5.41, 5.74) is -10.4. The maximum absolute atomic E-state index is 14.8. The predicted octanol–water partition coefficient (Wildman–Crippen LogP) is 9.87. The average molecular weight is 887 g/mol. The standard InChI is InChI=1S/C19H26F8O4.C15H20F8O4/c1-4-14(2,3)13(28)30-12-10-15(18(22,23)24,11-8-6-5-7-9-11)31-17(29,16(12,20)21)19(25,26)27;1-5-10(3,4)9(24)26-8-7-11(6-2,14(18,19)20)27-13(25,12(8,16)17)15(21,22)23/h11-12,29H,4-10H2,1-3H3;8,25H,5-7H2,1-4H3. The van der Waals surface area contributed by atoms with Gasteiger partial charge in [-0.15, -0.1) is 0 Å². The molecule has 0 aromatic rings. The van der Waals surface area contributed by atoms with Crippen LogP contribution in [-0.4, -0.2) is 93.7 Å². The van der Waals surface area contributed by atoms with E-state index in [0.717, 1.165) is 6.92 Å². The Morgan fingerprint density at radius 1 is 0.586 bits per heavy atom. The number of halogens is 16. The molecule has 1 saturated carbocycles. The number of hydrogen-bond acceptors (Lipinski definition) is 8. The topological polar surface area (TPSA) is 112 Å². The second kappa shape index (κ2) is 16.2. The third-order valence-electron chi connectivity index (χ3n) is 11.4. The Balaban J connectivity index is 0.000000404. The summed E-state index contributed by atoms with van der Waals surface area (Å²) in [4.78, 5) is 24.3. The molecule has 3 rings (SSSR count). The molecule has 3 fully saturated rings. The lowest BCUT2D eigenvalue weighted by atomic mass is 9.70. The fourth-order valence-electron chi connectivity index (χ4n) is 6.44. The van der Waals surface area contributed by atoms with Crippen molar-refractivity contribution in [3.05, 3.63) is 0 Å². The van der Waals surface area contributed by atoms with E-state index in [1.807, 2.05) is 0 Å². The van der Waals surface area contributed by atoms with E-state index in [2.05, 4.69) is 18.9 Å². The first kappa shape index (κ1) is 51.8. The van der Waals surface area contributed by atoms with Gasteiger partial charge < -0.3 is 29.2 Å². The molecular weight excluding hydrogens is 840 g/mol. The molecule has 0 amide bonds. The van der Waals surface area contributed by atoms with Gasteiger partial charge in [0.2, 0.25) is 0 Å². The van der Waals surface area contributed by atoms with E-state index in [1.54, 1.807) is 0 Å². The zero-order valence-corrected chi connectivity index (χ0v) is 32.2. The molecule has 1 aliphatic carbocycles. The molecule has 6 unspecified atom stereocenters. The smallest absolute Gasteiger partial charge is 0.449 e. The van der Waals surface area contributed by atoms with E-state index < -0.39 is 119 Å². The minimum Gasteiger partial charge on any atom is -0.455 e. The van der Waals surface area contributed by atoms with Gasteiger partial charge in [0.1, 0.15) is 0 Å². The molecule has 58 heavy (non-hydrogen) atoms. The molecule has 8 nitrogen and oxygen atoms in total. The van der Waals surface area contributed by atoms with Gasteiger partial charge in [0.15, 0.2) is 23.4 Å². The number of hydrogen-bond donors (Lipinski definition) is 2. The van der Waals surface area contributed by atoms with E-state index in [9.17, 15) is 90.0 Å². The van der Waals surface area contributed by atoms with Crippen LogP contribution < -0.4 is 0 Å². The summed E-state index contributed by atoms with van der Waals surface area (Å²) in [6.07, 6.45) is -34.4. The van der Waals surface area contributed by atoms with Crippen molar-refractivity contribution in [2.75, 3.05) is 0 Å². The Morgan fingerprint density at radius 2 is 0.948 bits per heavy atom. The second-order valence-corrected chi connectivity index (χ2v) is 16.0. The minimum absolute atomic E-state index is 0.0162. The number of rotatable bonds is 8. The maximum atomic E-state index is 14.8. The summed E-state index contributed by atoms with van der Waals surface area (Å²) in [5.74, 6) is -26.2. The van der Waals surface area contributed by atoms with Crippen molar-refractivity contribution >= 4 is 11.9 Å². The van der Waals surface area contributed by atoms with E-state index in [1.165, 1.54) is 41.5 Å². The van der Waals surface area contributed by atoms with Gasteiger partial charge in [0.05, 0.1) is 10.8 Å². The number of carbonyl (C=O) groups is 2. The van der Waals surface area contributed by atoms with Gasteiger partial charge in [-0.25, -0.2) is 0 Å². The van der Waals surface area contributed by atoms with E-state index in [4.69, 9.17) is 0 Å². The molecule has 0 aromatic heterocycles. The summed E-state index contributed by atoms with van der Waals surface area (Å²) >= 11 is 0. The zero-order valence-electron chi connectivity index (χ0n) is 32.2. The van der Waals surface area contributed by atoms with Crippen LogP contribution in [0.4, 0.5) is 70.2 Å². The molecule has 2 N–H and O–H groups in total. The molecule has 2 saturated heterocycles.